The van der Waals surface area contributed by atoms with Gasteiger partial charge in [0.15, 0.2) is 0 Å². The second-order valence-electron chi connectivity index (χ2n) is 4.09. The summed E-state index contributed by atoms with van der Waals surface area (Å²) in [5.41, 5.74) is 0.402. The fraction of sp³-hybridized carbons (Fsp3) is 0.417. The van der Waals surface area contributed by atoms with Crippen molar-refractivity contribution in [3.8, 4) is 0 Å². The van der Waals surface area contributed by atoms with Gasteiger partial charge in [0.1, 0.15) is 11.9 Å². The maximum atomic E-state index is 13.3. The molecule has 0 bridgehead atoms. The van der Waals surface area contributed by atoms with E-state index in [1.54, 1.807) is 11.8 Å². The lowest BCUT2D eigenvalue weighted by Crippen LogP contribution is -2.39. The van der Waals surface area contributed by atoms with Crippen LogP contribution in [0.1, 0.15) is 11.6 Å². The number of benzene rings is 1. The van der Waals surface area contributed by atoms with Crippen LogP contribution in [-0.2, 0) is 4.79 Å². The summed E-state index contributed by atoms with van der Waals surface area (Å²) < 4.78 is 13.3. The standard InChI is InChI=1S/C12H13ClFNO2S/c13-9-5-8(6-10(14)7-9)11(12(16)17)15-1-3-18-4-2-15/h5-7,11H,1-4H2,(H,16,17)/t11-/m0/s1. The van der Waals surface area contributed by atoms with E-state index >= 15 is 0 Å². The summed E-state index contributed by atoms with van der Waals surface area (Å²) >= 11 is 7.58. The first-order valence-electron chi connectivity index (χ1n) is 5.58. The minimum absolute atomic E-state index is 0.225. The van der Waals surface area contributed by atoms with Crippen molar-refractivity contribution in [1.82, 2.24) is 4.90 Å². The van der Waals surface area contributed by atoms with E-state index in [4.69, 9.17) is 11.6 Å². The third-order valence-electron chi connectivity index (χ3n) is 2.85. The highest BCUT2D eigenvalue weighted by Crippen LogP contribution is 2.27. The molecule has 6 heteroatoms. The number of aliphatic carboxylic acids is 1. The van der Waals surface area contributed by atoms with Gasteiger partial charge in [-0.1, -0.05) is 11.6 Å². The van der Waals surface area contributed by atoms with Gasteiger partial charge in [-0.3, -0.25) is 9.69 Å². The second-order valence-corrected chi connectivity index (χ2v) is 5.75. The summed E-state index contributed by atoms with van der Waals surface area (Å²) in [7, 11) is 0. The lowest BCUT2D eigenvalue weighted by atomic mass is 10.1. The van der Waals surface area contributed by atoms with Gasteiger partial charge in [-0.15, -0.1) is 0 Å². The van der Waals surface area contributed by atoms with Crippen molar-refractivity contribution in [2.45, 2.75) is 6.04 Å². The Morgan fingerprint density at radius 1 is 1.39 bits per heavy atom. The Balaban J connectivity index is 2.31. The lowest BCUT2D eigenvalue weighted by molar-refractivity contribution is -0.143. The van der Waals surface area contributed by atoms with Crippen molar-refractivity contribution in [1.29, 1.82) is 0 Å². The Hall–Kier alpha value is -0.780. The van der Waals surface area contributed by atoms with Crippen LogP contribution in [0, 0.1) is 5.82 Å². The topological polar surface area (TPSA) is 40.5 Å². The van der Waals surface area contributed by atoms with Gasteiger partial charge < -0.3 is 5.11 Å². The number of nitrogens with zero attached hydrogens (tertiary/aromatic N) is 1. The van der Waals surface area contributed by atoms with E-state index in [1.165, 1.54) is 18.2 Å². The smallest absolute Gasteiger partial charge is 0.325 e. The number of carboxylic acid groups (broad SMARTS) is 1. The number of carbonyl (C=O) groups is 1. The molecule has 98 valence electrons. The Morgan fingerprint density at radius 3 is 2.61 bits per heavy atom. The molecule has 0 unspecified atom stereocenters. The molecule has 1 N–H and O–H groups in total. The second kappa shape index (κ2) is 5.91. The van der Waals surface area contributed by atoms with E-state index < -0.39 is 17.8 Å². The molecule has 1 aliphatic rings. The SMILES string of the molecule is O=C(O)[C@H](c1cc(F)cc(Cl)c1)N1CCSCC1. The number of hydrogen-bond acceptors (Lipinski definition) is 3. The predicted octanol–water partition coefficient (Wildman–Crippen LogP) is 2.65. The highest BCUT2D eigenvalue weighted by Gasteiger charge is 2.29. The molecule has 1 saturated heterocycles. The van der Waals surface area contributed by atoms with Crippen molar-refractivity contribution < 1.29 is 14.3 Å². The first-order valence-corrected chi connectivity index (χ1v) is 7.12. The number of rotatable bonds is 3. The molecule has 0 spiro atoms. The average molecular weight is 290 g/mol. The molecule has 1 aromatic carbocycles. The van der Waals surface area contributed by atoms with Crippen LogP contribution in [0.5, 0.6) is 0 Å². The fourth-order valence-electron chi connectivity index (χ4n) is 2.08. The highest BCUT2D eigenvalue weighted by molar-refractivity contribution is 7.99. The van der Waals surface area contributed by atoms with Gasteiger partial charge in [0.2, 0.25) is 0 Å². The highest BCUT2D eigenvalue weighted by atomic mass is 35.5. The van der Waals surface area contributed by atoms with Crippen LogP contribution in [0.3, 0.4) is 0 Å². The molecule has 0 amide bonds. The van der Waals surface area contributed by atoms with Gasteiger partial charge in [0, 0.05) is 29.6 Å². The molecule has 3 nitrogen and oxygen atoms in total. The number of hydrogen-bond donors (Lipinski definition) is 1. The number of thioether (sulfide) groups is 1. The van der Waals surface area contributed by atoms with Crippen molar-refractivity contribution in [2.75, 3.05) is 24.6 Å². The zero-order valence-corrected chi connectivity index (χ0v) is 11.2. The van der Waals surface area contributed by atoms with Crippen LogP contribution in [0.25, 0.3) is 0 Å². The van der Waals surface area contributed by atoms with Crippen molar-refractivity contribution in [2.24, 2.45) is 0 Å². The molecular weight excluding hydrogens is 277 g/mol. The van der Waals surface area contributed by atoms with Gasteiger partial charge in [-0.2, -0.15) is 11.8 Å². The van der Waals surface area contributed by atoms with Crippen LogP contribution in [-0.4, -0.2) is 40.6 Å². The monoisotopic (exact) mass is 289 g/mol. The number of halogens is 2. The van der Waals surface area contributed by atoms with E-state index in [0.29, 0.717) is 18.7 Å². The van der Waals surface area contributed by atoms with E-state index in [9.17, 15) is 14.3 Å². The Bertz CT molecular complexity index is 431. The summed E-state index contributed by atoms with van der Waals surface area (Å²) in [5, 5.41) is 9.57. The van der Waals surface area contributed by atoms with E-state index in [0.717, 1.165) is 11.5 Å². The molecule has 1 aromatic rings. The predicted molar refractivity (Wildman–Crippen MR) is 70.7 cm³/mol. The largest absolute Gasteiger partial charge is 0.480 e. The molecule has 1 aliphatic heterocycles. The first-order chi connectivity index (χ1) is 8.58. The van der Waals surface area contributed by atoms with Gasteiger partial charge in [-0.05, 0) is 23.8 Å². The van der Waals surface area contributed by atoms with Crippen molar-refractivity contribution >= 4 is 29.3 Å². The van der Waals surface area contributed by atoms with E-state index in [1.807, 2.05) is 4.90 Å². The zero-order valence-electron chi connectivity index (χ0n) is 9.60. The quantitative estimate of drug-likeness (QED) is 0.929. The third-order valence-corrected chi connectivity index (χ3v) is 4.01. The summed E-state index contributed by atoms with van der Waals surface area (Å²) in [4.78, 5) is 13.3. The first kappa shape index (κ1) is 13.6. The summed E-state index contributed by atoms with van der Waals surface area (Å²) in [6.07, 6.45) is 0. The van der Waals surface area contributed by atoms with Gasteiger partial charge in [0.25, 0.3) is 0 Å². The maximum Gasteiger partial charge on any atom is 0.325 e. The van der Waals surface area contributed by atoms with Crippen LogP contribution >= 0.6 is 23.4 Å². The fourth-order valence-corrected chi connectivity index (χ4v) is 3.24. The maximum absolute atomic E-state index is 13.3. The minimum atomic E-state index is -0.969. The average Bonchev–Trinajstić information content (AvgIpc) is 2.28. The van der Waals surface area contributed by atoms with Gasteiger partial charge in [-0.25, -0.2) is 4.39 Å². The van der Waals surface area contributed by atoms with Crippen LogP contribution in [0.2, 0.25) is 5.02 Å². The Kier molecular flexibility index (Phi) is 4.48. The molecule has 0 aromatic heterocycles. The molecule has 0 saturated carbocycles. The molecule has 1 atom stereocenters. The Morgan fingerprint density at radius 2 is 2.06 bits per heavy atom. The Labute approximate surface area is 114 Å². The normalized spacial score (nSPS) is 18.6. The molecular formula is C12H13ClFNO2S. The molecule has 2 rings (SSSR count). The summed E-state index contributed by atoms with van der Waals surface area (Å²) in [6, 6.07) is 3.12. The number of carboxylic acids is 1. The van der Waals surface area contributed by atoms with Gasteiger partial charge in [0.05, 0.1) is 0 Å². The molecule has 1 fully saturated rings. The van der Waals surface area contributed by atoms with Gasteiger partial charge >= 0.3 is 5.97 Å². The summed E-state index contributed by atoms with van der Waals surface area (Å²) in [5.74, 6) is 0.318. The van der Waals surface area contributed by atoms with E-state index in [2.05, 4.69) is 0 Å². The molecule has 1 heterocycles. The molecule has 18 heavy (non-hydrogen) atoms. The van der Waals surface area contributed by atoms with Crippen LogP contribution in [0.15, 0.2) is 18.2 Å². The summed E-state index contributed by atoms with van der Waals surface area (Å²) in [6.45, 7) is 1.38. The zero-order chi connectivity index (χ0) is 13.1. The van der Waals surface area contributed by atoms with Crippen LogP contribution < -0.4 is 0 Å². The van der Waals surface area contributed by atoms with Crippen molar-refractivity contribution in [3.05, 3.63) is 34.6 Å². The molecule has 0 radical (unpaired) electrons. The van der Waals surface area contributed by atoms with Crippen molar-refractivity contribution in [3.63, 3.8) is 0 Å². The molecule has 0 aliphatic carbocycles. The van der Waals surface area contributed by atoms with Crippen LogP contribution in [0.4, 0.5) is 4.39 Å². The minimum Gasteiger partial charge on any atom is -0.480 e. The lowest BCUT2D eigenvalue weighted by Gasteiger charge is -2.32. The third kappa shape index (κ3) is 3.16. The van der Waals surface area contributed by atoms with E-state index in [-0.39, 0.29) is 5.02 Å².